The first-order valence-electron chi connectivity index (χ1n) is 12.6. The second-order valence-corrected chi connectivity index (χ2v) is 9.62. The quantitative estimate of drug-likeness (QED) is 0.114. The van der Waals surface area contributed by atoms with Crippen molar-refractivity contribution in [3.8, 4) is 0 Å². The number of anilines is 1. The number of benzene rings is 2. The van der Waals surface area contributed by atoms with Crippen LogP contribution in [0.3, 0.4) is 0 Å². The molecule has 0 saturated heterocycles. The predicted octanol–water partition coefficient (Wildman–Crippen LogP) is 2.86. The van der Waals surface area contributed by atoms with E-state index < -0.39 is 60.9 Å². The third-order valence-electron chi connectivity index (χ3n) is 5.36. The molecule has 0 aliphatic heterocycles. The number of carbonyl (C=O) groups excluding carboxylic acids is 4. The number of nitrogens with zero attached hydrogens (tertiary/aromatic N) is 2. The number of hydrogen-bond acceptors (Lipinski definition) is 9. The number of halogens is 3. The van der Waals surface area contributed by atoms with Crippen LogP contribution in [0.5, 0.6) is 0 Å². The predicted molar refractivity (Wildman–Crippen MR) is 151 cm³/mol. The largest absolute Gasteiger partial charge is 0.491 e. The fraction of sp³-hybridized carbons (Fsp3) is 0.222. The number of carbonyl (C=O) groups is 5. The van der Waals surface area contributed by atoms with E-state index in [2.05, 4.69) is 36.0 Å². The number of esters is 1. The topological polar surface area (TPSA) is 188 Å². The van der Waals surface area contributed by atoms with Crippen LogP contribution in [-0.2, 0) is 32.2 Å². The van der Waals surface area contributed by atoms with E-state index >= 15 is 0 Å². The number of rotatable bonds is 12. The highest BCUT2D eigenvalue weighted by atomic mass is 32.1. The van der Waals surface area contributed by atoms with Crippen LogP contribution < -0.4 is 21.3 Å². The Morgan fingerprint density at radius 1 is 0.955 bits per heavy atom. The van der Waals surface area contributed by atoms with Crippen molar-refractivity contribution >= 4 is 52.2 Å². The molecule has 17 heteroatoms. The van der Waals surface area contributed by atoms with Crippen molar-refractivity contribution in [2.24, 2.45) is 4.99 Å². The fourth-order valence-electron chi connectivity index (χ4n) is 3.35. The summed E-state index contributed by atoms with van der Waals surface area (Å²) in [6.07, 6.45) is -6.42. The summed E-state index contributed by atoms with van der Waals surface area (Å²) in [5.41, 5.74) is 1.19. The first-order valence-corrected chi connectivity index (χ1v) is 13.5. The summed E-state index contributed by atoms with van der Waals surface area (Å²) in [6.45, 7) is -0.808. The minimum Gasteiger partial charge on any atom is -0.481 e. The van der Waals surface area contributed by atoms with Crippen LogP contribution in [0.2, 0.25) is 0 Å². The highest BCUT2D eigenvalue weighted by Crippen LogP contribution is 2.18. The zero-order chi connectivity index (χ0) is 32.1. The number of hydrogen-bond donors (Lipinski definition) is 5. The summed E-state index contributed by atoms with van der Waals surface area (Å²) in [4.78, 5) is 67.9. The van der Waals surface area contributed by atoms with E-state index in [0.717, 1.165) is 16.9 Å². The van der Waals surface area contributed by atoms with Gasteiger partial charge in [0.2, 0.25) is 11.8 Å². The second kappa shape index (κ2) is 15.8. The van der Waals surface area contributed by atoms with Gasteiger partial charge in [0, 0.05) is 11.9 Å². The lowest BCUT2D eigenvalue weighted by molar-refractivity contribution is -0.191. The fourth-order valence-corrected chi connectivity index (χ4v) is 4.03. The molecule has 0 fully saturated rings. The Morgan fingerprint density at radius 3 is 2.20 bits per heavy atom. The minimum atomic E-state index is -5.43. The average molecular weight is 635 g/mol. The van der Waals surface area contributed by atoms with Gasteiger partial charge in [-0.3, -0.25) is 19.7 Å². The van der Waals surface area contributed by atoms with Gasteiger partial charge in [-0.2, -0.15) is 13.2 Å². The SMILES string of the molecule is O=C(O)C[C@H](NC(=O)CNC(=O)c1csc(NC(=O)NCc2ccccc2)n1)C(=NCc1ccccc1)OC(=O)C(F)(F)F. The average Bonchev–Trinajstić information content (AvgIpc) is 3.45. The highest BCUT2D eigenvalue weighted by Gasteiger charge is 2.43. The molecule has 5 N–H and O–H groups in total. The molecule has 0 aliphatic carbocycles. The maximum Gasteiger partial charge on any atom is 0.491 e. The molecule has 1 heterocycles. The molecule has 0 aliphatic rings. The summed E-state index contributed by atoms with van der Waals surface area (Å²) in [5, 5.41) is 20.1. The number of aliphatic carboxylic acids is 1. The molecule has 3 rings (SSSR count). The van der Waals surface area contributed by atoms with Crippen molar-refractivity contribution in [1.29, 1.82) is 0 Å². The molecular formula is C27H25F3N6O7S. The molecule has 13 nitrogen and oxygen atoms in total. The molecule has 232 valence electrons. The smallest absolute Gasteiger partial charge is 0.481 e. The van der Waals surface area contributed by atoms with Crippen molar-refractivity contribution in [3.05, 3.63) is 82.9 Å². The van der Waals surface area contributed by atoms with E-state index in [1.54, 1.807) is 30.3 Å². The number of urea groups is 1. The zero-order valence-corrected chi connectivity index (χ0v) is 23.4. The van der Waals surface area contributed by atoms with Crippen molar-refractivity contribution in [1.82, 2.24) is 20.9 Å². The monoisotopic (exact) mass is 634 g/mol. The van der Waals surface area contributed by atoms with E-state index in [0.29, 0.717) is 5.56 Å². The molecular weight excluding hydrogens is 609 g/mol. The Morgan fingerprint density at radius 2 is 1.59 bits per heavy atom. The van der Waals surface area contributed by atoms with Crippen LogP contribution in [0.15, 0.2) is 71.0 Å². The number of thiazole rings is 1. The summed E-state index contributed by atoms with van der Waals surface area (Å²) in [5.74, 6) is -7.08. The lowest BCUT2D eigenvalue weighted by Gasteiger charge is -2.19. The second-order valence-electron chi connectivity index (χ2n) is 8.76. The van der Waals surface area contributed by atoms with Gasteiger partial charge in [0.25, 0.3) is 5.91 Å². The number of alkyl halides is 3. The Balaban J connectivity index is 1.60. The number of carboxylic acid groups (broad SMARTS) is 1. The number of amides is 4. The number of carboxylic acids is 1. The molecule has 0 unspecified atom stereocenters. The summed E-state index contributed by atoms with van der Waals surface area (Å²) < 4.78 is 43.0. The number of aromatic nitrogens is 1. The van der Waals surface area contributed by atoms with Crippen LogP contribution in [0, 0.1) is 0 Å². The standard InChI is InChI=1S/C27H25F3N6O7S/c28-27(29,30)24(41)43-23(32-12-16-7-3-1-4-8-16)18(11-21(38)39)34-20(37)14-31-22(40)19-15-44-26(35-19)36-25(42)33-13-17-9-5-2-6-10-17/h1-10,15,18H,11-14H2,(H,31,40)(H,34,37)(H,38,39)(H2,33,35,36,42)/t18-/m0/s1. The Kier molecular flexibility index (Phi) is 11.9. The normalized spacial score (nSPS) is 12.0. The third kappa shape index (κ3) is 11.2. The summed E-state index contributed by atoms with van der Waals surface area (Å²) in [7, 11) is 0. The first-order chi connectivity index (χ1) is 20.9. The molecule has 0 radical (unpaired) electrons. The van der Waals surface area contributed by atoms with E-state index in [4.69, 9.17) is 0 Å². The van der Waals surface area contributed by atoms with Gasteiger partial charge in [0.1, 0.15) is 11.7 Å². The Bertz CT molecular complexity index is 1500. The highest BCUT2D eigenvalue weighted by molar-refractivity contribution is 7.14. The zero-order valence-electron chi connectivity index (χ0n) is 22.6. The van der Waals surface area contributed by atoms with E-state index in [9.17, 15) is 42.3 Å². The molecule has 44 heavy (non-hydrogen) atoms. The molecule has 1 atom stereocenters. The molecule has 3 aromatic rings. The van der Waals surface area contributed by atoms with E-state index in [1.165, 1.54) is 5.38 Å². The van der Waals surface area contributed by atoms with Gasteiger partial charge >= 0.3 is 24.1 Å². The Hall–Kier alpha value is -5.32. The van der Waals surface area contributed by atoms with Crippen LogP contribution in [0.4, 0.5) is 23.1 Å². The summed E-state index contributed by atoms with van der Waals surface area (Å²) >= 11 is 0.929. The number of nitrogens with one attached hydrogen (secondary N) is 4. The number of aliphatic imine (C=N–C) groups is 1. The van der Waals surface area contributed by atoms with Crippen LogP contribution in [-0.4, -0.2) is 64.5 Å². The van der Waals surface area contributed by atoms with Gasteiger partial charge in [0.05, 0.1) is 19.5 Å². The van der Waals surface area contributed by atoms with Crippen molar-refractivity contribution in [2.75, 3.05) is 11.9 Å². The van der Waals surface area contributed by atoms with Gasteiger partial charge in [-0.1, -0.05) is 60.7 Å². The van der Waals surface area contributed by atoms with Gasteiger partial charge < -0.3 is 25.8 Å². The first kappa shape index (κ1) is 33.2. The summed E-state index contributed by atoms with van der Waals surface area (Å²) in [6, 6.07) is 14.8. The van der Waals surface area contributed by atoms with Crippen LogP contribution >= 0.6 is 11.3 Å². The Labute approximate surface area is 251 Å². The molecule has 4 amide bonds. The van der Waals surface area contributed by atoms with E-state index in [-0.39, 0.29) is 23.9 Å². The minimum absolute atomic E-state index is 0.0810. The van der Waals surface area contributed by atoms with Crippen molar-refractivity contribution < 1.29 is 47.0 Å². The molecule has 2 aromatic carbocycles. The van der Waals surface area contributed by atoms with Gasteiger partial charge in [-0.25, -0.2) is 19.6 Å². The molecule has 0 spiro atoms. The van der Waals surface area contributed by atoms with Crippen LogP contribution in [0.25, 0.3) is 0 Å². The third-order valence-corrected chi connectivity index (χ3v) is 6.12. The van der Waals surface area contributed by atoms with Gasteiger partial charge in [-0.15, -0.1) is 11.3 Å². The van der Waals surface area contributed by atoms with E-state index in [1.807, 2.05) is 30.3 Å². The lowest BCUT2D eigenvalue weighted by atomic mass is 10.2. The van der Waals surface area contributed by atoms with Crippen LogP contribution in [0.1, 0.15) is 28.0 Å². The van der Waals surface area contributed by atoms with Gasteiger partial charge in [-0.05, 0) is 11.1 Å². The van der Waals surface area contributed by atoms with Crippen molar-refractivity contribution in [2.45, 2.75) is 31.7 Å². The van der Waals surface area contributed by atoms with Crippen molar-refractivity contribution in [3.63, 3.8) is 0 Å². The van der Waals surface area contributed by atoms with Gasteiger partial charge in [0.15, 0.2) is 5.13 Å². The molecule has 0 saturated carbocycles. The maximum atomic E-state index is 12.9. The number of ether oxygens (including phenoxy) is 1. The molecule has 1 aromatic heterocycles. The molecule has 0 bridgehead atoms. The lowest BCUT2D eigenvalue weighted by Crippen LogP contribution is -2.48. The maximum absolute atomic E-state index is 12.9.